The summed E-state index contributed by atoms with van der Waals surface area (Å²) in [5, 5.41) is 3.94. The molecule has 0 N–H and O–H groups in total. The van der Waals surface area contributed by atoms with Crippen molar-refractivity contribution in [3.05, 3.63) is 41.8 Å². The minimum absolute atomic E-state index is 0.0569. The highest BCUT2D eigenvalue weighted by molar-refractivity contribution is 7.89. The molecule has 1 aliphatic heterocycles. The second-order valence-corrected chi connectivity index (χ2v) is 7.80. The standard InChI is InChI=1S/C16H20FN3O4S/c1-23-11-15-18-16(19-24-15)14-5-3-2-4-10-20(14)25(21,22)13-8-6-12(17)7-9-13/h6-9,14H,2-5,10-11H2,1H3/t14-/m1/s1. The maximum absolute atomic E-state index is 13.1. The van der Waals surface area contributed by atoms with Crippen molar-refractivity contribution in [1.29, 1.82) is 0 Å². The third-order valence-corrected chi connectivity index (χ3v) is 6.10. The Hall–Kier alpha value is -1.84. The minimum Gasteiger partial charge on any atom is -0.375 e. The zero-order valence-electron chi connectivity index (χ0n) is 13.9. The van der Waals surface area contributed by atoms with Gasteiger partial charge in [-0.15, -0.1) is 0 Å². The first-order valence-electron chi connectivity index (χ1n) is 8.11. The van der Waals surface area contributed by atoms with E-state index in [9.17, 15) is 12.8 Å². The zero-order valence-corrected chi connectivity index (χ0v) is 14.7. The van der Waals surface area contributed by atoms with E-state index in [1.807, 2.05) is 0 Å². The van der Waals surface area contributed by atoms with Gasteiger partial charge in [0.1, 0.15) is 12.4 Å². The second kappa shape index (κ2) is 7.59. The lowest BCUT2D eigenvalue weighted by Gasteiger charge is -2.26. The van der Waals surface area contributed by atoms with Crippen LogP contribution in [0.25, 0.3) is 0 Å². The number of ether oxygens (including phenoxy) is 1. The molecule has 1 fully saturated rings. The molecule has 1 aliphatic rings. The van der Waals surface area contributed by atoms with Gasteiger partial charge in [0.05, 0.1) is 10.9 Å². The molecule has 1 atom stereocenters. The molecule has 0 amide bonds. The van der Waals surface area contributed by atoms with Crippen LogP contribution in [-0.4, -0.2) is 36.5 Å². The van der Waals surface area contributed by atoms with Gasteiger partial charge in [-0.2, -0.15) is 9.29 Å². The minimum atomic E-state index is -3.79. The van der Waals surface area contributed by atoms with Crippen molar-refractivity contribution >= 4 is 10.0 Å². The average molecular weight is 369 g/mol. The van der Waals surface area contributed by atoms with E-state index in [4.69, 9.17) is 9.26 Å². The maximum Gasteiger partial charge on any atom is 0.252 e. The van der Waals surface area contributed by atoms with E-state index in [2.05, 4.69) is 10.1 Å². The van der Waals surface area contributed by atoms with Crippen LogP contribution in [0.4, 0.5) is 4.39 Å². The molecule has 3 rings (SSSR count). The number of nitrogens with zero attached hydrogens (tertiary/aromatic N) is 3. The van der Waals surface area contributed by atoms with Gasteiger partial charge in [0.25, 0.3) is 5.89 Å². The lowest BCUT2D eigenvalue weighted by atomic mass is 10.1. The molecule has 0 spiro atoms. The van der Waals surface area contributed by atoms with Gasteiger partial charge in [0, 0.05) is 13.7 Å². The highest BCUT2D eigenvalue weighted by atomic mass is 32.2. The molecule has 1 saturated heterocycles. The number of benzene rings is 1. The van der Waals surface area contributed by atoms with Gasteiger partial charge in [0.2, 0.25) is 10.0 Å². The van der Waals surface area contributed by atoms with E-state index in [1.165, 1.54) is 23.5 Å². The van der Waals surface area contributed by atoms with Gasteiger partial charge >= 0.3 is 0 Å². The van der Waals surface area contributed by atoms with Crippen LogP contribution >= 0.6 is 0 Å². The molecule has 2 aromatic rings. The summed E-state index contributed by atoms with van der Waals surface area (Å²) in [6.45, 7) is 0.531. The molecular weight excluding hydrogens is 349 g/mol. The molecule has 0 bridgehead atoms. The Kier molecular flexibility index (Phi) is 5.45. The highest BCUT2D eigenvalue weighted by Gasteiger charge is 2.36. The SMILES string of the molecule is COCc1nc([C@H]2CCCCCN2S(=O)(=O)c2ccc(F)cc2)no1. The molecule has 7 nitrogen and oxygen atoms in total. The van der Waals surface area contributed by atoms with E-state index >= 15 is 0 Å². The Morgan fingerprint density at radius 1 is 1.28 bits per heavy atom. The number of rotatable bonds is 5. The third-order valence-electron chi connectivity index (χ3n) is 4.17. The highest BCUT2D eigenvalue weighted by Crippen LogP contribution is 2.33. The van der Waals surface area contributed by atoms with E-state index < -0.39 is 21.9 Å². The number of sulfonamides is 1. The van der Waals surface area contributed by atoms with Crippen LogP contribution in [0.1, 0.15) is 43.4 Å². The smallest absolute Gasteiger partial charge is 0.252 e. The van der Waals surface area contributed by atoms with Crippen molar-refractivity contribution < 1.29 is 22.1 Å². The summed E-state index contributed by atoms with van der Waals surface area (Å²) in [6.07, 6.45) is 3.15. The topological polar surface area (TPSA) is 85.5 Å². The van der Waals surface area contributed by atoms with E-state index in [1.54, 1.807) is 0 Å². The monoisotopic (exact) mass is 369 g/mol. The number of hydrogen-bond acceptors (Lipinski definition) is 6. The molecule has 9 heteroatoms. The summed E-state index contributed by atoms with van der Waals surface area (Å²) in [5.74, 6) is 0.161. The van der Waals surface area contributed by atoms with Crippen LogP contribution in [0.5, 0.6) is 0 Å². The van der Waals surface area contributed by atoms with Gasteiger partial charge < -0.3 is 9.26 Å². The van der Waals surface area contributed by atoms with Crippen molar-refractivity contribution in [1.82, 2.24) is 14.4 Å². The lowest BCUT2D eigenvalue weighted by molar-refractivity contribution is 0.151. The number of hydrogen-bond donors (Lipinski definition) is 0. The molecule has 1 aromatic heterocycles. The number of halogens is 1. The first-order chi connectivity index (χ1) is 12.0. The molecule has 136 valence electrons. The summed E-state index contributed by atoms with van der Waals surface area (Å²) in [7, 11) is -2.27. The van der Waals surface area contributed by atoms with Crippen LogP contribution in [-0.2, 0) is 21.4 Å². The summed E-state index contributed by atoms with van der Waals surface area (Å²) in [4.78, 5) is 4.32. The van der Waals surface area contributed by atoms with E-state index in [0.717, 1.165) is 31.4 Å². The summed E-state index contributed by atoms with van der Waals surface area (Å²) >= 11 is 0. The fourth-order valence-corrected chi connectivity index (χ4v) is 4.61. The molecular formula is C16H20FN3O4S. The lowest BCUT2D eigenvalue weighted by Crippen LogP contribution is -2.35. The fraction of sp³-hybridized carbons (Fsp3) is 0.500. The number of aromatic nitrogens is 2. The van der Waals surface area contributed by atoms with Crippen molar-refractivity contribution in [2.24, 2.45) is 0 Å². The van der Waals surface area contributed by atoms with Crippen LogP contribution in [0.15, 0.2) is 33.7 Å². The Bertz CT molecular complexity index is 807. The molecule has 25 heavy (non-hydrogen) atoms. The Morgan fingerprint density at radius 2 is 2.04 bits per heavy atom. The van der Waals surface area contributed by atoms with Gasteiger partial charge in [0.15, 0.2) is 5.82 Å². The molecule has 1 aromatic carbocycles. The Balaban J connectivity index is 1.95. The average Bonchev–Trinajstić information content (AvgIpc) is 2.90. The van der Waals surface area contributed by atoms with Crippen LogP contribution in [0.2, 0.25) is 0 Å². The Morgan fingerprint density at radius 3 is 2.76 bits per heavy atom. The maximum atomic E-state index is 13.1. The molecule has 0 unspecified atom stereocenters. The van der Waals surface area contributed by atoms with Crippen LogP contribution < -0.4 is 0 Å². The van der Waals surface area contributed by atoms with Gasteiger partial charge in [-0.3, -0.25) is 0 Å². The largest absolute Gasteiger partial charge is 0.375 e. The van der Waals surface area contributed by atoms with Crippen molar-refractivity contribution in [2.45, 2.75) is 43.2 Å². The summed E-state index contributed by atoms with van der Waals surface area (Å²) < 4.78 is 50.8. The molecule has 2 heterocycles. The molecule has 0 aliphatic carbocycles. The van der Waals surface area contributed by atoms with Crippen LogP contribution in [0.3, 0.4) is 0 Å². The van der Waals surface area contributed by atoms with Crippen molar-refractivity contribution in [3.8, 4) is 0 Å². The summed E-state index contributed by atoms with van der Waals surface area (Å²) in [5.41, 5.74) is 0. The zero-order chi connectivity index (χ0) is 17.9. The molecule has 0 saturated carbocycles. The molecule has 0 radical (unpaired) electrons. The predicted molar refractivity (Wildman–Crippen MR) is 86.5 cm³/mol. The van der Waals surface area contributed by atoms with E-state index in [0.29, 0.717) is 24.7 Å². The van der Waals surface area contributed by atoms with Gasteiger partial charge in [-0.05, 0) is 37.1 Å². The Labute approximate surface area is 145 Å². The van der Waals surface area contributed by atoms with Crippen LogP contribution in [0, 0.1) is 5.82 Å². The third kappa shape index (κ3) is 3.88. The quantitative estimate of drug-likeness (QED) is 0.805. The van der Waals surface area contributed by atoms with Crippen molar-refractivity contribution in [3.63, 3.8) is 0 Å². The van der Waals surface area contributed by atoms with Crippen molar-refractivity contribution in [2.75, 3.05) is 13.7 Å². The number of methoxy groups -OCH3 is 1. The normalized spacial score (nSPS) is 19.7. The second-order valence-electron chi connectivity index (χ2n) is 5.91. The van der Waals surface area contributed by atoms with E-state index in [-0.39, 0.29) is 11.5 Å². The first-order valence-corrected chi connectivity index (χ1v) is 9.55. The van der Waals surface area contributed by atoms with Gasteiger partial charge in [-0.25, -0.2) is 12.8 Å². The fourth-order valence-electron chi connectivity index (χ4n) is 2.95. The predicted octanol–water partition coefficient (Wildman–Crippen LogP) is 2.66. The summed E-state index contributed by atoms with van der Waals surface area (Å²) in [6, 6.07) is 4.33. The van der Waals surface area contributed by atoms with Gasteiger partial charge in [-0.1, -0.05) is 18.0 Å². The first kappa shape index (κ1) is 18.0.